The maximum atomic E-state index is 13.0. The lowest BCUT2D eigenvalue weighted by molar-refractivity contribution is 0.620. The number of nitrogens with zero attached hydrogens (tertiary/aromatic N) is 4. The second-order valence-corrected chi connectivity index (χ2v) is 3.99. The molecule has 0 spiro atoms. The predicted octanol–water partition coefficient (Wildman–Crippen LogP) is 1.79. The first-order valence-electron chi connectivity index (χ1n) is 4.93. The summed E-state index contributed by atoms with van der Waals surface area (Å²) in [5, 5.41) is 7.81. The topological polar surface area (TPSA) is 93.4 Å². The van der Waals surface area contributed by atoms with E-state index in [2.05, 4.69) is 25.1 Å². The summed E-state index contributed by atoms with van der Waals surface area (Å²) in [6.07, 6.45) is 2.48. The van der Waals surface area contributed by atoms with Crippen molar-refractivity contribution in [3.05, 3.63) is 29.3 Å². The summed E-state index contributed by atoms with van der Waals surface area (Å²) in [5.41, 5.74) is 6.36. The molecule has 8 heteroatoms. The molecule has 18 heavy (non-hydrogen) atoms. The fraction of sp³-hybridized carbons (Fsp3) is 0. The van der Waals surface area contributed by atoms with Gasteiger partial charge in [-0.3, -0.25) is 5.10 Å². The highest BCUT2D eigenvalue weighted by molar-refractivity contribution is 6.31. The van der Waals surface area contributed by atoms with Gasteiger partial charge in [-0.1, -0.05) is 11.6 Å². The highest BCUT2D eigenvalue weighted by Crippen LogP contribution is 2.25. The first-order chi connectivity index (χ1) is 8.65. The Morgan fingerprint density at radius 1 is 1.28 bits per heavy atom. The molecule has 3 aromatic rings. The summed E-state index contributed by atoms with van der Waals surface area (Å²) in [6.45, 7) is 0. The minimum Gasteiger partial charge on any atom is -0.381 e. The summed E-state index contributed by atoms with van der Waals surface area (Å²) in [7, 11) is 0. The molecule has 0 aliphatic rings. The SMILES string of the molecule is Nc1nc(-c2[nH]nc3ncc(Cl)cc23)ncc1F. The quantitative estimate of drug-likeness (QED) is 0.699. The van der Waals surface area contributed by atoms with Gasteiger partial charge in [-0.15, -0.1) is 0 Å². The van der Waals surface area contributed by atoms with E-state index in [0.29, 0.717) is 21.7 Å². The average Bonchev–Trinajstić information content (AvgIpc) is 2.75. The lowest BCUT2D eigenvalue weighted by Crippen LogP contribution is -1.99. The van der Waals surface area contributed by atoms with Crippen LogP contribution in [0.3, 0.4) is 0 Å². The third kappa shape index (κ3) is 1.65. The number of aromatic nitrogens is 5. The molecule has 3 N–H and O–H groups in total. The average molecular weight is 265 g/mol. The van der Waals surface area contributed by atoms with Crippen LogP contribution in [0, 0.1) is 5.82 Å². The van der Waals surface area contributed by atoms with Crippen LogP contribution in [0.5, 0.6) is 0 Å². The van der Waals surface area contributed by atoms with E-state index in [0.717, 1.165) is 6.20 Å². The number of halogens is 2. The molecule has 6 nitrogen and oxygen atoms in total. The van der Waals surface area contributed by atoms with Crippen LogP contribution in [0.15, 0.2) is 18.5 Å². The van der Waals surface area contributed by atoms with Crippen LogP contribution in [0.2, 0.25) is 5.02 Å². The normalized spacial score (nSPS) is 11.0. The van der Waals surface area contributed by atoms with Crippen molar-refractivity contribution in [2.45, 2.75) is 0 Å². The molecule has 3 heterocycles. The van der Waals surface area contributed by atoms with E-state index >= 15 is 0 Å². The number of nitrogens with two attached hydrogens (primary N) is 1. The molecule has 0 fully saturated rings. The number of fused-ring (bicyclic) bond motifs is 1. The molecule has 0 amide bonds. The number of hydrogen-bond donors (Lipinski definition) is 2. The Bertz CT molecular complexity index is 740. The van der Waals surface area contributed by atoms with Gasteiger partial charge in [-0.2, -0.15) is 5.10 Å². The minimum atomic E-state index is -0.668. The molecule has 0 aliphatic heterocycles. The summed E-state index contributed by atoms with van der Waals surface area (Å²) < 4.78 is 13.0. The van der Waals surface area contributed by atoms with E-state index < -0.39 is 5.82 Å². The summed E-state index contributed by atoms with van der Waals surface area (Å²) in [6, 6.07) is 1.67. The summed E-state index contributed by atoms with van der Waals surface area (Å²) >= 11 is 5.86. The zero-order valence-corrected chi connectivity index (χ0v) is 9.61. The molecule has 0 bridgehead atoms. The van der Waals surface area contributed by atoms with Crippen molar-refractivity contribution >= 4 is 28.5 Å². The van der Waals surface area contributed by atoms with Crippen LogP contribution >= 0.6 is 11.6 Å². The van der Waals surface area contributed by atoms with Gasteiger partial charge >= 0.3 is 0 Å². The van der Waals surface area contributed by atoms with Crippen molar-refractivity contribution in [2.75, 3.05) is 5.73 Å². The Hall–Kier alpha value is -2.28. The summed E-state index contributed by atoms with van der Waals surface area (Å²) in [5.74, 6) is -0.656. The first kappa shape index (κ1) is 10.8. The maximum Gasteiger partial charge on any atom is 0.183 e. The lowest BCUT2D eigenvalue weighted by atomic mass is 10.2. The van der Waals surface area contributed by atoms with Crippen molar-refractivity contribution in [1.29, 1.82) is 0 Å². The van der Waals surface area contributed by atoms with Crippen LogP contribution in [0.25, 0.3) is 22.6 Å². The molecular weight excluding hydrogens is 259 g/mol. The van der Waals surface area contributed by atoms with Crippen molar-refractivity contribution in [1.82, 2.24) is 25.1 Å². The van der Waals surface area contributed by atoms with Gasteiger partial charge in [0.25, 0.3) is 0 Å². The number of nitrogen functional groups attached to an aromatic ring is 1. The van der Waals surface area contributed by atoms with Crippen molar-refractivity contribution < 1.29 is 4.39 Å². The van der Waals surface area contributed by atoms with Crippen molar-refractivity contribution in [3.63, 3.8) is 0 Å². The Morgan fingerprint density at radius 3 is 2.89 bits per heavy atom. The molecule has 0 aromatic carbocycles. The molecule has 0 saturated carbocycles. The first-order valence-corrected chi connectivity index (χ1v) is 5.31. The number of H-pyrrole nitrogens is 1. The van der Waals surface area contributed by atoms with E-state index in [9.17, 15) is 4.39 Å². The number of rotatable bonds is 1. The second kappa shape index (κ2) is 3.88. The smallest absolute Gasteiger partial charge is 0.183 e. The number of pyridine rings is 1. The van der Waals surface area contributed by atoms with Gasteiger partial charge < -0.3 is 5.73 Å². The Kier molecular flexibility index (Phi) is 2.34. The highest BCUT2D eigenvalue weighted by atomic mass is 35.5. The Labute approximate surface area is 105 Å². The molecule has 0 aliphatic carbocycles. The van der Waals surface area contributed by atoms with Gasteiger partial charge in [-0.25, -0.2) is 19.3 Å². The number of aromatic amines is 1. The number of nitrogens with one attached hydrogen (secondary N) is 1. The molecule has 90 valence electrons. The Balaban J connectivity index is 2.24. The molecular formula is C10H6ClFN6. The van der Waals surface area contributed by atoms with E-state index in [-0.39, 0.29) is 11.6 Å². The van der Waals surface area contributed by atoms with Gasteiger partial charge in [0.05, 0.1) is 16.6 Å². The van der Waals surface area contributed by atoms with Crippen LogP contribution in [0.1, 0.15) is 0 Å². The Morgan fingerprint density at radius 2 is 2.11 bits per heavy atom. The molecule has 0 saturated heterocycles. The predicted molar refractivity (Wildman–Crippen MR) is 64.3 cm³/mol. The van der Waals surface area contributed by atoms with E-state index in [1.54, 1.807) is 6.07 Å². The number of anilines is 1. The molecule has 3 rings (SSSR count). The molecule has 0 unspecified atom stereocenters. The minimum absolute atomic E-state index is 0.224. The third-order valence-electron chi connectivity index (χ3n) is 2.37. The fourth-order valence-electron chi connectivity index (χ4n) is 1.55. The van der Waals surface area contributed by atoms with Gasteiger partial charge in [0.1, 0.15) is 5.69 Å². The lowest BCUT2D eigenvalue weighted by Gasteiger charge is -1.99. The summed E-state index contributed by atoms with van der Waals surface area (Å²) in [4.78, 5) is 11.7. The maximum absolute atomic E-state index is 13.0. The van der Waals surface area contributed by atoms with Crippen LogP contribution in [-0.2, 0) is 0 Å². The van der Waals surface area contributed by atoms with Crippen molar-refractivity contribution in [2.24, 2.45) is 0 Å². The van der Waals surface area contributed by atoms with Gasteiger partial charge in [0.2, 0.25) is 0 Å². The van der Waals surface area contributed by atoms with Crippen LogP contribution < -0.4 is 5.73 Å². The van der Waals surface area contributed by atoms with Crippen LogP contribution in [-0.4, -0.2) is 25.1 Å². The van der Waals surface area contributed by atoms with Gasteiger partial charge in [0.15, 0.2) is 23.1 Å². The molecule has 0 radical (unpaired) electrons. The fourth-order valence-corrected chi connectivity index (χ4v) is 1.70. The van der Waals surface area contributed by atoms with Crippen LogP contribution in [0.4, 0.5) is 10.2 Å². The molecule has 0 atom stereocenters. The van der Waals surface area contributed by atoms with Gasteiger partial charge in [0, 0.05) is 6.20 Å². The molecule has 3 aromatic heterocycles. The largest absolute Gasteiger partial charge is 0.381 e. The zero-order chi connectivity index (χ0) is 12.7. The van der Waals surface area contributed by atoms with Crippen molar-refractivity contribution in [3.8, 4) is 11.5 Å². The van der Waals surface area contributed by atoms with Gasteiger partial charge in [-0.05, 0) is 6.07 Å². The standard InChI is InChI=1S/C10H6ClFN6/c11-4-1-5-7(17-18-9(5)14-2-4)10-15-3-6(12)8(13)16-10/h1-3H,(H2,13,15,16)(H,14,17,18). The van der Waals surface area contributed by atoms with E-state index in [4.69, 9.17) is 17.3 Å². The number of hydrogen-bond acceptors (Lipinski definition) is 5. The highest BCUT2D eigenvalue weighted by Gasteiger charge is 2.13. The van der Waals surface area contributed by atoms with E-state index in [1.165, 1.54) is 6.20 Å². The monoisotopic (exact) mass is 264 g/mol. The zero-order valence-electron chi connectivity index (χ0n) is 8.85. The third-order valence-corrected chi connectivity index (χ3v) is 2.58. The second-order valence-electron chi connectivity index (χ2n) is 3.55. The van der Waals surface area contributed by atoms with E-state index in [1.807, 2.05) is 0 Å².